The SMILES string of the molecule is O=CC1=C[N+]2CSCC2=N1. The molecule has 0 spiro atoms. The fraction of sp³-hybridized carbons (Fsp3) is 0.333. The molecule has 2 heterocycles. The summed E-state index contributed by atoms with van der Waals surface area (Å²) in [7, 11) is 0. The number of thioether (sulfide) groups is 1. The van der Waals surface area contributed by atoms with Gasteiger partial charge in [-0.15, -0.1) is 0 Å². The van der Waals surface area contributed by atoms with Gasteiger partial charge in [-0.25, -0.2) is 0 Å². The Morgan fingerprint density at radius 2 is 2.70 bits per heavy atom. The van der Waals surface area contributed by atoms with Crippen LogP contribution in [-0.4, -0.2) is 23.8 Å². The van der Waals surface area contributed by atoms with Crippen molar-refractivity contribution in [2.75, 3.05) is 11.6 Å². The highest BCUT2D eigenvalue weighted by molar-refractivity contribution is 8.00. The van der Waals surface area contributed by atoms with E-state index < -0.39 is 0 Å². The molecule has 0 saturated carbocycles. The van der Waals surface area contributed by atoms with Crippen molar-refractivity contribution < 1.29 is 4.79 Å². The zero-order valence-corrected chi connectivity index (χ0v) is 6.10. The first kappa shape index (κ1) is 6.12. The zero-order chi connectivity index (χ0) is 6.97. The summed E-state index contributed by atoms with van der Waals surface area (Å²) in [5.74, 6) is 2.90. The smallest absolute Gasteiger partial charge is 0.268 e. The van der Waals surface area contributed by atoms with E-state index in [0.29, 0.717) is 5.70 Å². The lowest BCUT2D eigenvalue weighted by molar-refractivity contribution is -0.104. The number of carbonyl (C=O) groups is 1. The van der Waals surface area contributed by atoms with Crippen molar-refractivity contribution in [1.29, 1.82) is 0 Å². The van der Waals surface area contributed by atoms with Crippen molar-refractivity contribution in [2.24, 2.45) is 4.99 Å². The Morgan fingerprint density at radius 3 is 3.40 bits per heavy atom. The van der Waals surface area contributed by atoms with Crippen LogP contribution in [0.4, 0.5) is 0 Å². The first-order valence-corrected chi connectivity index (χ1v) is 4.14. The molecule has 4 heteroatoms. The van der Waals surface area contributed by atoms with Gasteiger partial charge in [0.2, 0.25) is 0 Å². The second kappa shape index (κ2) is 2.21. The maximum absolute atomic E-state index is 10.2. The number of nitrogens with zero attached hydrogens (tertiary/aromatic N) is 2. The van der Waals surface area contributed by atoms with E-state index in [0.717, 1.165) is 23.8 Å². The Kier molecular flexibility index (Phi) is 1.35. The van der Waals surface area contributed by atoms with Crippen LogP contribution in [0.25, 0.3) is 0 Å². The predicted octanol–water partition coefficient (Wildman–Crippen LogP) is 0.283. The normalized spacial score (nSPS) is 24.0. The van der Waals surface area contributed by atoms with Crippen LogP contribution in [0.2, 0.25) is 0 Å². The number of aldehydes is 1. The molecule has 51 valence electrons. The molecule has 2 rings (SSSR count). The van der Waals surface area contributed by atoms with Crippen LogP contribution in [0.3, 0.4) is 0 Å². The quantitative estimate of drug-likeness (QED) is 0.402. The lowest BCUT2D eigenvalue weighted by Gasteiger charge is -1.85. The Morgan fingerprint density at radius 1 is 1.80 bits per heavy atom. The molecular weight excluding hydrogens is 148 g/mol. The third-order valence-electron chi connectivity index (χ3n) is 1.46. The van der Waals surface area contributed by atoms with Crippen molar-refractivity contribution in [3.8, 4) is 0 Å². The molecule has 0 N–H and O–H groups in total. The number of fused-ring (bicyclic) bond motifs is 1. The average Bonchev–Trinajstić information content (AvgIpc) is 2.42. The van der Waals surface area contributed by atoms with Crippen molar-refractivity contribution in [2.45, 2.75) is 0 Å². The van der Waals surface area contributed by atoms with E-state index >= 15 is 0 Å². The topological polar surface area (TPSA) is 35.3 Å². The van der Waals surface area contributed by atoms with Crippen LogP contribution >= 0.6 is 11.8 Å². The molecule has 0 bridgehead atoms. The van der Waals surface area contributed by atoms with Crippen molar-refractivity contribution in [3.63, 3.8) is 0 Å². The van der Waals surface area contributed by atoms with E-state index in [1.165, 1.54) is 0 Å². The number of hydrogen-bond donors (Lipinski definition) is 0. The maximum Gasteiger partial charge on any atom is 0.268 e. The predicted molar refractivity (Wildman–Crippen MR) is 41.0 cm³/mol. The Labute approximate surface area is 62.8 Å². The maximum atomic E-state index is 10.2. The first-order chi connectivity index (χ1) is 4.90. The van der Waals surface area contributed by atoms with Gasteiger partial charge in [0.1, 0.15) is 0 Å². The summed E-state index contributed by atoms with van der Waals surface area (Å²) in [5, 5.41) is 0. The van der Waals surface area contributed by atoms with Gasteiger partial charge in [0, 0.05) is 0 Å². The van der Waals surface area contributed by atoms with Gasteiger partial charge in [0.15, 0.2) is 24.1 Å². The Hall–Kier alpha value is -0.610. The van der Waals surface area contributed by atoms with Crippen LogP contribution in [0.5, 0.6) is 0 Å². The van der Waals surface area contributed by atoms with Crippen LogP contribution in [0.1, 0.15) is 0 Å². The number of aliphatic imine (C=N–C) groups is 1. The monoisotopic (exact) mass is 154 g/mol. The number of rotatable bonds is 1. The molecule has 2 aliphatic rings. The standard InChI is InChI=1S/C6H6N2OS/c9-2-5-1-8-4-10-3-6(8)7-5/h1-2H,3-4H2/q+1. The van der Waals surface area contributed by atoms with Crippen molar-refractivity contribution in [3.05, 3.63) is 11.9 Å². The highest BCUT2D eigenvalue weighted by atomic mass is 32.2. The van der Waals surface area contributed by atoms with Gasteiger partial charge in [-0.3, -0.25) is 4.79 Å². The molecule has 0 amide bonds. The van der Waals surface area contributed by atoms with E-state index in [-0.39, 0.29) is 0 Å². The van der Waals surface area contributed by atoms with Crippen LogP contribution in [-0.2, 0) is 4.79 Å². The van der Waals surface area contributed by atoms with E-state index in [4.69, 9.17) is 0 Å². The van der Waals surface area contributed by atoms with Gasteiger partial charge < -0.3 is 0 Å². The summed E-state index contributed by atoms with van der Waals surface area (Å²) in [6, 6.07) is 0. The molecular formula is C6H6N2OS+. The third kappa shape index (κ3) is 0.803. The molecule has 1 saturated heterocycles. The second-order valence-corrected chi connectivity index (χ2v) is 3.10. The first-order valence-electron chi connectivity index (χ1n) is 2.99. The van der Waals surface area contributed by atoms with Crippen molar-refractivity contribution in [1.82, 2.24) is 4.90 Å². The lowest BCUT2D eigenvalue weighted by Crippen LogP contribution is -2.22. The summed E-state index contributed by atoms with van der Waals surface area (Å²) in [5.41, 5.74) is 0.551. The number of allylic oxidation sites excluding steroid dienone is 1. The molecule has 1 fully saturated rings. The lowest BCUT2D eigenvalue weighted by atomic mass is 10.5. The van der Waals surface area contributed by atoms with Gasteiger partial charge in [-0.2, -0.15) is 4.99 Å². The molecule has 0 aromatic carbocycles. The summed E-state index contributed by atoms with van der Waals surface area (Å²) < 4.78 is 0. The third-order valence-corrected chi connectivity index (χ3v) is 2.38. The van der Waals surface area contributed by atoms with E-state index in [2.05, 4.69) is 4.99 Å². The van der Waals surface area contributed by atoms with E-state index in [9.17, 15) is 4.79 Å². The van der Waals surface area contributed by atoms with E-state index in [1.54, 1.807) is 6.20 Å². The fourth-order valence-electron chi connectivity index (χ4n) is 0.995. The fourth-order valence-corrected chi connectivity index (χ4v) is 1.92. The van der Waals surface area contributed by atoms with Crippen LogP contribution in [0, 0.1) is 0 Å². The highest BCUT2D eigenvalue weighted by Gasteiger charge is 2.34. The van der Waals surface area contributed by atoms with Crippen molar-refractivity contribution >= 4 is 23.9 Å². The number of hydrogen-bond acceptors (Lipinski definition) is 4. The summed E-state index contributed by atoms with van der Waals surface area (Å²) >= 11 is 1.81. The highest BCUT2D eigenvalue weighted by Crippen LogP contribution is 2.20. The molecule has 2 aliphatic heterocycles. The molecule has 0 atom stereocenters. The largest absolute Gasteiger partial charge is 0.296 e. The minimum atomic E-state index is 0.551. The summed E-state index contributed by atoms with van der Waals surface area (Å²) in [6.45, 7) is 0. The molecule has 1 radical (unpaired) electrons. The molecule has 3 nitrogen and oxygen atoms in total. The molecule has 0 unspecified atom stereocenters. The van der Waals surface area contributed by atoms with Gasteiger partial charge in [0.05, 0.1) is 5.75 Å². The van der Waals surface area contributed by atoms with Gasteiger partial charge in [-0.1, -0.05) is 16.7 Å². The summed E-state index contributed by atoms with van der Waals surface area (Å²) in [4.78, 5) is 16.3. The minimum absolute atomic E-state index is 0.551. The van der Waals surface area contributed by atoms with Crippen LogP contribution < -0.4 is 4.90 Å². The molecule has 0 aliphatic carbocycles. The number of amidine groups is 1. The van der Waals surface area contributed by atoms with Gasteiger partial charge in [0.25, 0.3) is 5.84 Å². The summed E-state index contributed by atoms with van der Waals surface area (Å²) in [6.07, 6.45) is 2.58. The Bertz CT molecular complexity index is 234. The number of carbonyl (C=O) groups excluding carboxylic acids is 1. The Balaban J connectivity index is 2.26. The van der Waals surface area contributed by atoms with Crippen LogP contribution in [0.15, 0.2) is 16.9 Å². The molecule has 0 aromatic heterocycles. The zero-order valence-electron chi connectivity index (χ0n) is 5.28. The molecule has 10 heavy (non-hydrogen) atoms. The average molecular weight is 154 g/mol. The minimum Gasteiger partial charge on any atom is -0.296 e. The molecule has 0 aromatic rings. The van der Waals surface area contributed by atoms with E-state index in [1.807, 2.05) is 16.7 Å². The van der Waals surface area contributed by atoms with Gasteiger partial charge in [-0.05, 0) is 0 Å². The van der Waals surface area contributed by atoms with Gasteiger partial charge >= 0.3 is 0 Å². The second-order valence-electron chi connectivity index (χ2n) is 2.15.